The maximum Gasteiger partial charge on any atom is 0.328 e. The number of carbonyl (C=O) groups excluding carboxylic acids is 2. The summed E-state index contributed by atoms with van der Waals surface area (Å²) in [5.74, 6) is -0.521. The molecule has 1 atom stereocenters. The third-order valence-electron chi connectivity index (χ3n) is 1.95. The van der Waals surface area contributed by atoms with Crippen LogP contribution in [-0.2, 0) is 4.79 Å². The van der Waals surface area contributed by atoms with Gasteiger partial charge in [-0.25, -0.2) is 4.79 Å². The van der Waals surface area contributed by atoms with Crippen LogP contribution in [0, 0.1) is 0 Å². The van der Waals surface area contributed by atoms with Crippen molar-refractivity contribution < 1.29 is 9.59 Å². The van der Waals surface area contributed by atoms with Crippen molar-refractivity contribution in [1.29, 1.82) is 0 Å². The van der Waals surface area contributed by atoms with E-state index in [-0.39, 0.29) is 0 Å². The minimum atomic E-state index is -0.741. The SMILES string of the molecule is CC(Cl)C(=O)NC(=O)N(C)c1ccncc1. The van der Waals surface area contributed by atoms with E-state index in [1.807, 2.05) is 0 Å². The summed E-state index contributed by atoms with van der Waals surface area (Å²) in [4.78, 5) is 27.9. The smallest absolute Gasteiger partial charge is 0.297 e. The fourth-order valence-electron chi connectivity index (χ4n) is 0.974. The summed E-state index contributed by atoms with van der Waals surface area (Å²) >= 11 is 5.53. The molecule has 1 unspecified atom stereocenters. The van der Waals surface area contributed by atoms with Crippen LogP contribution in [0.5, 0.6) is 0 Å². The molecular weight excluding hydrogens is 230 g/mol. The number of rotatable bonds is 2. The Kier molecular flexibility index (Phi) is 4.25. The molecule has 1 aromatic rings. The van der Waals surface area contributed by atoms with Crippen LogP contribution in [0.4, 0.5) is 10.5 Å². The fourth-order valence-corrected chi connectivity index (χ4v) is 1.03. The van der Waals surface area contributed by atoms with Gasteiger partial charge in [-0.05, 0) is 19.1 Å². The van der Waals surface area contributed by atoms with E-state index in [1.54, 1.807) is 31.6 Å². The number of anilines is 1. The minimum Gasteiger partial charge on any atom is -0.297 e. The Morgan fingerprint density at radius 2 is 2.00 bits per heavy atom. The van der Waals surface area contributed by atoms with Crippen LogP contribution in [0.3, 0.4) is 0 Å². The van der Waals surface area contributed by atoms with Gasteiger partial charge in [0.05, 0.1) is 0 Å². The Balaban J connectivity index is 2.65. The summed E-state index contributed by atoms with van der Waals surface area (Å²) < 4.78 is 0. The molecule has 0 saturated heterocycles. The fraction of sp³-hybridized carbons (Fsp3) is 0.300. The van der Waals surface area contributed by atoms with Gasteiger partial charge in [0, 0.05) is 25.1 Å². The van der Waals surface area contributed by atoms with E-state index in [4.69, 9.17) is 11.6 Å². The number of alkyl halides is 1. The molecule has 0 aromatic carbocycles. The Labute approximate surface area is 98.4 Å². The van der Waals surface area contributed by atoms with Crippen LogP contribution < -0.4 is 10.2 Å². The predicted octanol–water partition coefficient (Wildman–Crippen LogP) is 1.38. The van der Waals surface area contributed by atoms with E-state index in [0.717, 1.165) is 0 Å². The van der Waals surface area contributed by atoms with E-state index in [2.05, 4.69) is 10.3 Å². The van der Waals surface area contributed by atoms with Gasteiger partial charge in [0.25, 0.3) is 0 Å². The number of aromatic nitrogens is 1. The second-order valence-electron chi connectivity index (χ2n) is 3.17. The quantitative estimate of drug-likeness (QED) is 0.796. The van der Waals surface area contributed by atoms with Crippen LogP contribution >= 0.6 is 11.6 Å². The minimum absolute atomic E-state index is 0.521. The number of hydrogen-bond acceptors (Lipinski definition) is 3. The van der Waals surface area contributed by atoms with Crippen molar-refractivity contribution in [2.45, 2.75) is 12.3 Å². The summed E-state index contributed by atoms with van der Waals surface area (Å²) in [6.45, 7) is 1.50. The van der Waals surface area contributed by atoms with Crippen LogP contribution in [-0.4, -0.2) is 29.3 Å². The van der Waals surface area contributed by atoms with Gasteiger partial charge in [0.15, 0.2) is 0 Å². The molecule has 16 heavy (non-hydrogen) atoms. The highest BCUT2D eigenvalue weighted by atomic mass is 35.5. The molecule has 86 valence electrons. The Bertz CT molecular complexity index is 381. The molecule has 0 fully saturated rings. The average Bonchev–Trinajstić information content (AvgIpc) is 2.28. The van der Waals surface area contributed by atoms with Crippen molar-refractivity contribution in [2.24, 2.45) is 0 Å². The Morgan fingerprint density at radius 1 is 1.44 bits per heavy atom. The molecule has 1 rings (SSSR count). The molecule has 1 aromatic heterocycles. The number of imide groups is 1. The van der Waals surface area contributed by atoms with Crippen LogP contribution in [0.15, 0.2) is 24.5 Å². The lowest BCUT2D eigenvalue weighted by atomic mass is 10.4. The average molecular weight is 242 g/mol. The summed E-state index contributed by atoms with van der Waals surface area (Å²) in [6.07, 6.45) is 3.12. The number of urea groups is 1. The van der Waals surface area contributed by atoms with Gasteiger partial charge in [-0.2, -0.15) is 0 Å². The second-order valence-corrected chi connectivity index (χ2v) is 3.83. The lowest BCUT2D eigenvalue weighted by molar-refractivity contribution is -0.119. The van der Waals surface area contributed by atoms with Gasteiger partial charge in [-0.15, -0.1) is 11.6 Å². The lowest BCUT2D eigenvalue weighted by Gasteiger charge is -2.17. The Morgan fingerprint density at radius 3 is 2.50 bits per heavy atom. The lowest BCUT2D eigenvalue weighted by Crippen LogP contribution is -2.43. The topological polar surface area (TPSA) is 62.3 Å². The molecule has 0 aliphatic heterocycles. The first kappa shape index (κ1) is 12.4. The van der Waals surface area contributed by atoms with E-state index in [0.29, 0.717) is 5.69 Å². The highest BCUT2D eigenvalue weighted by molar-refractivity contribution is 6.31. The van der Waals surface area contributed by atoms with E-state index >= 15 is 0 Å². The first-order valence-corrected chi connectivity index (χ1v) is 5.08. The van der Waals surface area contributed by atoms with Crippen molar-refractivity contribution in [2.75, 3.05) is 11.9 Å². The molecule has 0 aliphatic rings. The zero-order chi connectivity index (χ0) is 12.1. The maximum absolute atomic E-state index is 11.6. The van der Waals surface area contributed by atoms with Crippen molar-refractivity contribution in [1.82, 2.24) is 10.3 Å². The maximum atomic E-state index is 11.6. The van der Waals surface area contributed by atoms with E-state index < -0.39 is 17.3 Å². The number of pyridine rings is 1. The molecule has 0 aliphatic carbocycles. The van der Waals surface area contributed by atoms with Crippen LogP contribution in [0.25, 0.3) is 0 Å². The van der Waals surface area contributed by atoms with Gasteiger partial charge in [-0.3, -0.25) is 20.0 Å². The van der Waals surface area contributed by atoms with E-state index in [9.17, 15) is 9.59 Å². The molecule has 1 N–H and O–H groups in total. The van der Waals surface area contributed by atoms with Crippen molar-refractivity contribution in [3.63, 3.8) is 0 Å². The largest absolute Gasteiger partial charge is 0.328 e. The zero-order valence-corrected chi connectivity index (χ0v) is 9.73. The first-order valence-electron chi connectivity index (χ1n) is 4.65. The summed E-state index contributed by atoms with van der Waals surface area (Å²) in [5.41, 5.74) is 0.641. The van der Waals surface area contributed by atoms with Crippen molar-refractivity contribution >= 4 is 29.2 Å². The molecule has 0 saturated carbocycles. The number of nitrogens with zero attached hydrogens (tertiary/aromatic N) is 2. The zero-order valence-electron chi connectivity index (χ0n) is 8.98. The molecular formula is C10H12ClN3O2. The standard InChI is InChI=1S/C10H12ClN3O2/c1-7(11)9(15)13-10(16)14(2)8-3-5-12-6-4-8/h3-7H,1-2H3,(H,13,15,16). The predicted molar refractivity (Wildman–Crippen MR) is 61.5 cm³/mol. The third kappa shape index (κ3) is 3.20. The number of halogens is 1. The van der Waals surface area contributed by atoms with E-state index in [1.165, 1.54) is 11.8 Å². The van der Waals surface area contributed by atoms with Gasteiger partial charge in [0.1, 0.15) is 5.38 Å². The molecule has 0 bridgehead atoms. The normalized spacial score (nSPS) is 11.7. The number of nitrogens with one attached hydrogen (secondary N) is 1. The van der Waals surface area contributed by atoms with Crippen molar-refractivity contribution in [3.8, 4) is 0 Å². The summed E-state index contributed by atoms with van der Waals surface area (Å²) in [7, 11) is 1.55. The molecule has 5 nitrogen and oxygen atoms in total. The molecule has 0 radical (unpaired) electrons. The van der Waals surface area contributed by atoms with Crippen molar-refractivity contribution in [3.05, 3.63) is 24.5 Å². The monoisotopic (exact) mass is 241 g/mol. The summed E-state index contributed by atoms with van der Waals surface area (Å²) in [5, 5.41) is 1.43. The van der Waals surface area contributed by atoms with Crippen LogP contribution in [0.1, 0.15) is 6.92 Å². The summed E-state index contributed by atoms with van der Waals surface area (Å²) in [6, 6.07) is 2.80. The molecule has 0 spiro atoms. The van der Waals surface area contributed by atoms with Crippen LogP contribution in [0.2, 0.25) is 0 Å². The Hall–Kier alpha value is -1.62. The first-order chi connectivity index (χ1) is 7.52. The number of amides is 3. The second kappa shape index (κ2) is 5.46. The number of hydrogen-bond donors (Lipinski definition) is 1. The van der Waals surface area contributed by atoms with Gasteiger partial charge in [0.2, 0.25) is 5.91 Å². The highest BCUT2D eigenvalue weighted by Gasteiger charge is 2.16. The molecule has 3 amide bonds. The highest BCUT2D eigenvalue weighted by Crippen LogP contribution is 2.09. The third-order valence-corrected chi connectivity index (χ3v) is 2.14. The molecule has 1 heterocycles. The van der Waals surface area contributed by atoms with Gasteiger partial charge < -0.3 is 0 Å². The molecule has 6 heteroatoms. The van der Waals surface area contributed by atoms with Gasteiger partial charge >= 0.3 is 6.03 Å². The number of carbonyl (C=O) groups is 2. The van der Waals surface area contributed by atoms with Gasteiger partial charge in [-0.1, -0.05) is 0 Å².